The van der Waals surface area contributed by atoms with Crippen molar-refractivity contribution in [2.24, 2.45) is 5.73 Å². The summed E-state index contributed by atoms with van der Waals surface area (Å²) in [6.07, 6.45) is -1.19. The van der Waals surface area contributed by atoms with Crippen molar-refractivity contribution in [1.29, 1.82) is 0 Å². The molecule has 3 heterocycles. The Morgan fingerprint density at radius 3 is 2.85 bits per heavy atom. The Bertz CT molecular complexity index is 769. The van der Waals surface area contributed by atoms with Crippen molar-refractivity contribution in [3.05, 3.63) is 16.6 Å². The molecule has 0 bridgehead atoms. The number of likely N-dealkylation sites (tertiary alicyclic amines) is 1. The topological polar surface area (TPSA) is 152 Å². The molecule has 2 amide bonds. The van der Waals surface area contributed by atoms with E-state index >= 15 is 0 Å². The van der Waals surface area contributed by atoms with E-state index in [2.05, 4.69) is 10.3 Å². The Morgan fingerprint density at radius 1 is 1.56 bits per heavy atom. The minimum absolute atomic E-state index is 0.0462. The zero-order valence-electron chi connectivity index (χ0n) is 14.6. The quantitative estimate of drug-likeness (QED) is 0.546. The van der Waals surface area contributed by atoms with Gasteiger partial charge in [-0.3, -0.25) is 9.59 Å². The van der Waals surface area contributed by atoms with Crippen molar-refractivity contribution in [2.45, 2.75) is 49.9 Å². The Balaban J connectivity index is 1.87. The SMILES string of the molecule is C[C@@H]1OC(=O)N[C@@H]1C(=O)[C@@]1(C(=O)O)CCCN1C(=O)[C@@H](N)Cc1cscn1. The van der Waals surface area contributed by atoms with Crippen LogP contribution in [0.3, 0.4) is 0 Å². The molecule has 1 aromatic rings. The van der Waals surface area contributed by atoms with Gasteiger partial charge in [0.05, 0.1) is 17.2 Å². The number of thiazole rings is 1. The second-order valence-electron chi connectivity index (χ2n) is 6.65. The van der Waals surface area contributed by atoms with Crippen LogP contribution in [0.2, 0.25) is 0 Å². The number of cyclic esters (lactones) is 1. The minimum atomic E-state index is -2.07. The summed E-state index contributed by atoms with van der Waals surface area (Å²) in [5, 5.41) is 14.0. The summed E-state index contributed by atoms with van der Waals surface area (Å²) in [6.45, 7) is 1.59. The van der Waals surface area contributed by atoms with Crippen molar-refractivity contribution in [2.75, 3.05) is 6.54 Å². The van der Waals surface area contributed by atoms with Crippen molar-refractivity contribution in [3.8, 4) is 0 Å². The number of alkyl carbamates (subject to hydrolysis) is 1. The third kappa shape index (κ3) is 3.28. The molecule has 11 heteroatoms. The lowest BCUT2D eigenvalue weighted by Gasteiger charge is -2.36. The molecule has 3 rings (SSSR count). The Labute approximate surface area is 158 Å². The molecule has 1 aromatic heterocycles. The summed E-state index contributed by atoms with van der Waals surface area (Å²) in [7, 11) is 0. The van der Waals surface area contributed by atoms with Gasteiger partial charge in [0.25, 0.3) is 0 Å². The van der Waals surface area contributed by atoms with Crippen LogP contribution in [0.5, 0.6) is 0 Å². The molecule has 4 atom stereocenters. The first-order chi connectivity index (χ1) is 12.8. The molecular formula is C16H20N4O6S. The highest BCUT2D eigenvalue weighted by Gasteiger charge is 2.60. The number of aliphatic carboxylic acids is 1. The van der Waals surface area contributed by atoms with Gasteiger partial charge in [0.1, 0.15) is 12.1 Å². The first kappa shape index (κ1) is 19.2. The largest absolute Gasteiger partial charge is 0.479 e. The van der Waals surface area contributed by atoms with Gasteiger partial charge in [-0.2, -0.15) is 0 Å². The smallest absolute Gasteiger partial charge is 0.408 e. The van der Waals surface area contributed by atoms with E-state index in [0.29, 0.717) is 12.1 Å². The number of ether oxygens (including phenoxy) is 1. The van der Waals surface area contributed by atoms with E-state index in [1.807, 2.05) is 0 Å². The third-order valence-corrected chi connectivity index (χ3v) is 5.59. The summed E-state index contributed by atoms with van der Waals surface area (Å²) in [5.41, 5.74) is 6.15. The highest BCUT2D eigenvalue weighted by molar-refractivity contribution is 7.07. The lowest BCUT2D eigenvalue weighted by molar-refractivity contribution is -0.163. The zero-order valence-corrected chi connectivity index (χ0v) is 15.4. The lowest BCUT2D eigenvalue weighted by Crippen LogP contribution is -2.65. The average molecular weight is 396 g/mol. The number of nitrogens with zero attached hydrogens (tertiary/aromatic N) is 2. The van der Waals surface area contributed by atoms with Crippen LogP contribution in [0, 0.1) is 0 Å². The number of amides is 2. The number of rotatable bonds is 6. The number of ketones is 1. The number of aromatic nitrogens is 1. The molecule has 2 aliphatic heterocycles. The molecule has 146 valence electrons. The van der Waals surface area contributed by atoms with Crippen LogP contribution in [0.4, 0.5) is 4.79 Å². The van der Waals surface area contributed by atoms with E-state index in [4.69, 9.17) is 10.5 Å². The van der Waals surface area contributed by atoms with Crippen LogP contribution < -0.4 is 11.1 Å². The van der Waals surface area contributed by atoms with Gasteiger partial charge in [-0.05, 0) is 19.8 Å². The predicted molar refractivity (Wildman–Crippen MR) is 93.0 cm³/mol. The molecule has 4 N–H and O–H groups in total. The average Bonchev–Trinajstić information content (AvgIpc) is 3.33. The fourth-order valence-corrected chi connectivity index (χ4v) is 4.17. The summed E-state index contributed by atoms with van der Waals surface area (Å²) >= 11 is 1.36. The van der Waals surface area contributed by atoms with Gasteiger partial charge in [0, 0.05) is 18.3 Å². The van der Waals surface area contributed by atoms with Crippen LogP contribution in [0.15, 0.2) is 10.9 Å². The Morgan fingerprint density at radius 2 is 2.30 bits per heavy atom. The van der Waals surface area contributed by atoms with E-state index in [9.17, 15) is 24.3 Å². The number of carboxylic acids is 1. The number of nitrogens with one attached hydrogen (secondary N) is 1. The maximum atomic E-state index is 13.1. The number of carbonyl (C=O) groups excluding carboxylic acids is 3. The third-order valence-electron chi connectivity index (χ3n) is 4.96. The van der Waals surface area contributed by atoms with Crippen molar-refractivity contribution < 1.29 is 29.0 Å². The molecule has 0 saturated carbocycles. The van der Waals surface area contributed by atoms with E-state index < -0.39 is 47.5 Å². The summed E-state index contributed by atoms with van der Waals surface area (Å²) in [6, 6.07) is -2.17. The number of hydrogen-bond donors (Lipinski definition) is 3. The molecule has 2 saturated heterocycles. The minimum Gasteiger partial charge on any atom is -0.479 e. The number of hydrogen-bond acceptors (Lipinski definition) is 8. The molecule has 0 spiro atoms. The van der Waals surface area contributed by atoms with Gasteiger partial charge in [-0.25, -0.2) is 14.6 Å². The fraction of sp³-hybridized carbons (Fsp3) is 0.562. The second-order valence-corrected chi connectivity index (χ2v) is 7.36. The van der Waals surface area contributed by atoms with Gasteiger partial charge in [-0.15, -0.1) is 11.3 Å². The standard InChI is InChI=1S/C16H20N4O6S/c1-8-11(19-15(25)26-8)12(21)16(14(23)24)3-2-4-20(16)13(22)10(17)5-9-6-27-7-18-9/h6-8,10-11H,2-5,17H2,1H3,(H,19,25)(H,23,24)/t8-,10-,11-,16+/m0/s1. The number of Topliss-reactive ketones (excluding diaryl/α,β-unsaturated/α-hetero) is 1. The highest BCUT2D eigenvalue weighted by Crippen LogP contribution is 2.34. The van der Waals surface area contributed by atoms with Crippen LogP contribution in [0.25, 0.3) is 0 Å². The second kappa shape index (κ2) is 7.24. The van der Waals surface area contributed by atoms with E-state index in [1.165, 1.54) is 18.3 Å². The van der Waals surface area contributed by atoms with E-state index in [1.54, 1.807) is 10.9 Å². The monoisotopic (exact) mass is 396 g/mol. The van der Waals surface area contributed by atoms with Crippen LogP contribution in [0.1, 0.15) is 25.5 Å². The summed E-state index contributed by atoms with van der Waals surface area (Å²) < 4.78 is 4.89. The molecule has 0 unspecified atom stereocenters. The van der Waals surface area contributed by atoms with Crippen LogP contribution >= 0.6 is 11.3 Å². The number of carbonyl (C=O) groups is 4. The van der Waals surface area contributed by atoms with Crippen molar-refractivity contribution in [3.63, 3.8) is 0 Å². The zero-order chi connectivity index (χ0) is 19.8. The molecule has 2 fully saturated rings. The van der Waals surface area contributed by atoms with E-state index in [0.717, 1.165) is 4.90 Å². The molecule has 0 aromatic carbocycles. The maximum Gasteiger partial charge on any atom is 0.408 e. The van der Waals surface area contributed by atoms with Gasteiger partial charge >= 0.3 is 12.1 Å². The van der Waals surface area contributed by atoms with Gasteiger partial charge in [0.2, 0.25) is 11.4 Å². The van der Waals surface area contributed by atoms with Gasteiger partial charge in [0.15, 0.2) is 5.78 Å². The highest BCUT2D eigenvalue weighted by atomic mass is 32.1. The molecule has 27 heavy (non-hydrogen) atoms. The van der Waals surface area contributed by atoms with Crippen molar-refractivity contribution >= 4 is 35.1 Å². The first-order valence-electron chi connectivity index (χ1n) is 8.46. The van der Waals surface area contributed by atoms with Crippen LogP contribution in [-0.4, -0.2) is 69.0 Å². The molecule has 0 radical (unpaired) electrons. The number of carboxylic acid groups (broad SMARTS) is 1. The Hall–Kier alpha value is -2.53. The molecular weight excluding hydrogens is 376 g/mol. The molecule has 10 nitrogen and oxygen atoms in total. The Kier molecular flexibility index (Phi) is 5.16. The molecule has 2 aliphatic rings. The van der Waals surface area contributed by atoms with E-state index in [-0.39, 0.29) is 19.4 Å². The van der Waals surface area contributed by atoms with Crippen LogP contribution in [-0.2, 0) is 25.5 Å². The normalized spacial score (nSPS) is 28.5. The van der Waals surface area contributed by atoms with Gasteiger partial charge in [-0.1, -0.05) is 0 Å². The van der Waals surface area contributed by atoms with Gasteiger partial charge < -0.3 is 25.8 Å². The number of nitrogens with two attached hydrogens (primary N) is 1. The molecule has 0 aliphatic carbocycles. The lowest BCUT2D eigenvalue weighted by atomic mass is 9.84. The fourth-order valence-electron chi connectivity index (χ4n) is 3.60. The predicted octanol–water partition coefficient (Wildman–Crippen LogP) is -0.475. The maximum absolute atomic E-state index is 13.1. The summed E-state index contributed by atoms with van der Waals surface area (Å²) in [4.78, 5) is 54.7. The first-order valence-corrected chi connectivity index (χ1v) is 9.40. The van der Waals surface area contributed by atoms with Crippen molar-refractivity contribution in [1.82, 2.24) is 15.2 Å². The summed E-state index contributed by atoms with van der Waals surface area (Å²) in [5.74, 6) is -2.85.